The van der Waals surface area contributed by atoms with Crippen molar-refractivity contribution in [3.05, 3.63) is 34.0 Å². The Kier molecular flexibility index (Phi) is 4.08. The van der Waals surface area contributed by atoms with Crippen LogP contribution in [0.25, 0.3) is 0 Å². The highest BCUT2D eigenvalue weighted by Crippen LogP contribution is 2.56. The highest BCUT2D eigenvalue weighted by atomic mass is 32.2. The molecule has 142 valence electrons. The van der Waals surface area contributed by atoms with E-state index in [4.69, 9.17) is 4.99 Å². The van der Waals surface area contributed by atoms with Gasteiger partial charge in [0.1, 0.15) is 5.66 Å². The topological polar surface area (TPSA) is 72.8 Å². The summed E-state index contributed by atoms with van der Waals surface area (Å²) in [5, 5.41) is 10.8. The van der Waals surface area contributed by atoms with Crippen LogP contribution in [-0.2, 0) is 9.59 Å². The molecule has 1 saturated carbocycles. The van der Waals surface area contributed by atoms with E-state index in [0.717, 1.165) is 42.4 Å². The number of hydrogen-bond donors (Lipinski definition) is 0. The van der Waals surface area contributed by atoms with Gasteiger partial charge in [0.15, 0.2) is 5.78 Å². The van der Waals surface area contributed by atoms with Crippen molar-refractivity contribution < 1.29 is 14.7 Å². The van der Waals surface area contributed by atoms with E-state index < -0.39 is 5.97 Å². The quantitative estimate of drug-likeness (QED) is 0.701. The molecule has 5 aliphatic rings. The number of rotatable bonds is 3. The Hall–Kier alpha value is -1.82. The van der Waals surface area contributed by atoms with Crippen molar-refractivity contribution in [2.75, 3.05) is 5.75 Å². The molecule has 1 spiro atoms. The van der Waals surface area contributed by atoms with Crippen molar-refractivity contribution in [2.45, 2.75) is 63.5 Å². The summed E-state index contributed by atoms with van der Waals surface area (Å²) in [5.41, 5.74) is 4.58. The van der Waals surface area contributed by atoms with E-state index in [1.807, 2.05) is 6.08 Å². The maximum Gasteiger partial charge on any atom is 0.194 e. The summed E-state index contributed by atoms with van der Waals surface area (Å²) in [6.45, 7) is 0. The Morgan fingerprint density at radius 2 is 2.11 bits per heavy atom. The molecule has 0 N–H and O–H groups in total. The summed E-state index contributed by atoms with van der Waals surface area (Å²) in [6.07, 6.45) is 14.1. The molecule has 0 saturated heterocycles. The molecule has 0 amide bonds. The van der Waals surface area contributed by atoms with E-state index >= 15 is 0 Å². The van der Waals surface area contributed by atoms with Gasteiger partial charge in [-0.1, -0.05) is 12.0 Å². The summed E-state index contributed by atoms with van der Waals surface area (Å²) in [4.78, 5) is 31.6. The predicted molar refractivity (Wildman–Crippen MR) is 103 cm³/mol. The molecule has 2 aliphatic heterocycles. The fourth-order valence-corrected chi connectivity index (χ4v) is 6.23. The molecule has 0 aromatic rings. The largest absolute Gasteiger partial charge is 0.549 e. The molecule has 0 bridgehead atoms. The molecule has 0 aromatic carbocycles. The minimum atomic E-state index is -1.16. The van der Waals surface area contributed by atoms with Crippen LogP contribution in [0.3, 0.4) is 0 Å². The first-order chi connectivity index (χ1) is 13.1. The van der Waals surface area contributed by atoms with Gasteiger partial charge in [0.25, 0.3) is 0 Å². The van der Waals surface area contributed by atoms with Crippen molar-refractivity contribution in [1.82, 2.24) is 4.90 Å². The van der Waals surface area contributed by atoms with Gasteiger partial charge in [-0.2, -0.15) is 0 Å². The third-order valence-electron chi connectivity index (χ3n) is 6.64. The first-order valence-corrected chi connectivity index (χ1v) is 11.0. The SMILES string of the molecule is O=C([O-])CSC1=CC2=N[C@@]34CCCC[C@@H]3CC3=C(CCCC3)N4C2=CC1=O. The first kappa shape index (κ1) is 17.3. The zero-order valence-corrected chi connectivity index (χ0v) is 16.1. The minimum absolute atomic E-state index is 0.108. The Labute approximate surface area is 163 Å². The van der Waals surface area contributed by atoms with Crippen LogP contribution in [0.15, 0.2) is 39.0 Å². The Morgan fingerprint density at radius 1 is 1.26 bits per heavy atom. The van der Waals surface area contributed by atoms with E-state index in [1.165, 1.54) is 44.2 Å². The zero-order valence-electron chi connectivity index (χ0n) is 15.3. The van der Waals surface area contributed by atoms with E-state index in [2.05, 4.69) is 4.90 Å². The molecule has 5 rings (SSSR count). The van der Waals surface area contributed by atoms with Gasteiger partial charge in [-0.05, 0) is 57.4 Å². The summed E-state index contributed by atoms with van der Waals surface area (Å²) < 4.78 is 0. The van der Waals surface area contributed by atoms with Crippen LogP contribution in [0, 0.1) is 5.92 Å². The standard InChI is InChI=1S/C21H24N2O3S/c24-18-11-17-15(10-19(18)27-12-20(25)26)22-21-8-4-3-6-14(21)9-13-5-1-2-7-16(13)23(17)21/h10-11,14H,1-9,12H2,(H,25,26)/p-1/t14-,21-/m1/s1. The molecular weight excluding hydrogens is 360 g/mol. The second-order valence-electron chi connectivity index (χ2n) is 8.18. The van der Waals surface area contributed by atoms with Crippen molar-refractivity contribution in [1.29, 1.82) is 0 Å². The number of allylic oxidation sites excluding steroid dienone is 5. The lowest BCUT2D eigenvalue weighted by Gasteiger charge is -2.52. The van der Waals surface area contributed by atoms with E-state index in [0.29, 0.717) is 10.8 Å². The summed E-state index contributed by atoms with van der Waals surface area (Å²) in [6, 6.07) is 0. The van der Waals surface area contributed by atoms with Crippen LogP contribution in [0.5, 0.6) is 0 Å². The highest BCUT2D eigenvalue weighted by Gasteiger charge is 2.55. The summed E-state index contributed by atoms with van der Waals surface area (Å²) in [7, 11) is 0. The number of aliphatic carboxylic acids is 1. The number of carboxylic acids is 1. The van der Waals surface area contributed by atoms with Crippen LogP contribution < -0.4 is 5.11 Å². The number of nitrogens with zero attached hydrogens (tertiary/aromatic N) is 2. The monoisotopic (exact) mass is 383 g/mol. The number of hydrogen-bond acceptors (Lipinski definition) is 6. The van der Waals surface area contributed by atoms with Gasteiger partial charge in [-0.15, -0.1) is 11.8 Å². The van der Waals surface area contributed by atoms with E-state index in [-0.39, 0.29) is 17.2 Å². The molecule has 5 nitrogen and oxygen atoms in total. The molecule has 27 heavy (non-hydrogen) atoms. The first-order valence-electron chi connectivity index (χ1n) is 10.0. The average molecular weight is 383 g/mol. The van der Waals surface area contributed by atoms with Gasteiger partial charge in [0, 0.05) is 23.4 Å². The number of fused-ring (bicyclic) bond motifs is 3. The number of aliphatic imine (C=N–C) groups is 1. The van der Waals surface area contributed by atoms with Crippen LogP contribution in [0.2, 0.25) is 0 Å². The lowest BCUT2D eigenvalue weighted by Crippen LogP contribution is -2.53. The van der Waals surface area contributed by atoms with Crippen molar-refractivity contribution in [3.8, 4) is 0 Å². The van der Waals surface area contributed by atoms with Crippen LogP contribution >= 0.6 is 11.8 Å². The average Bonchev–Trinajstić information content (AvgIpc) is 2.97. The fourth-order valence-electron chi connectivity index (χ4n) is 5.56. The predicted octanol–water partition coefficient (Wildman–Crippen LogP) is 2.69. The van der Waals surface area contributed by atoms with Crippen LogP contribution in [-0.4, -0.2) is 33.8 Å². The van der Waals surface area contributed by atoms with Gasteiger partial charge in [-0.25, -0.2) is 0 Å². The molecule has 1 fully saturated rings. The smallest absolute Gasteiger partial charge is 0.194 e. The molecule has 3 aliphatic carbocycles. The molecule has 2 atom stereocenters. The molecule has 2 heterocycles. The lowest BCUT2D eigenvalue weighted by atomic mass is 9.70. The summed E-state index contributed by atoms with van der Waals surface area (Å²) >= 11 is 1.04. The van der Waals surface area contributed by atoms with Crippen LogP contribution in [0.4, 0.5) is 0 Å². The van der Waals surface area contributed by atoms with E-state index in [9.17, 15) is 14.7 Å². The molecule has 6 heteroatoms. The van der Waals surface area contributed by atoms with Gasteiger partial charge < -0.3 is 14.8 Å². The minimum Gasteiger partial charge on any atom is -0.549 e. The Balaban J connectivity index is 1.58. The second kappa shape index (κ2) is 6.36. The number of carbonyl (C=O) groups is 2. The number of carbonyl (C=O) groups excluding carboxylic acids is 2. The normalized spacial score (nSPS) is 32.0. The number of ketones is 1. The van der Waals surface area contributed by atoms with Gasteiger partial charge in [0.05, 0.1) is 22.3 Å². The molecule has 0 radical (unpaired) electrons. The Morgan fingerprint density at radius 3 is 2.96 bits per heavy atom. The fraction of sp³-hybridized carbons (Fsp3) is 0.571. The number of thioether (sulfide) groups is 1. The Bertz CT molecular complexity index is 853. The third kappa shape index (κ3) is 2.64. The van der Waals surface area contributed by atoms with Crippen LogP contribution in [0.1, 0.15) is 57.8 Å². The van der Waals surface area contributed by atoms with Gasteiger partial charge in [-0.3, -0.25) is 9.79 Å². The van der Waals surface area contributed by atoms with Gasteiger partial charge >= 0.3 is 0 Å². The maximum absolute atomic E-state index is 12.7. The van der Waals surface area contributed by atoms with Crippen molar-refractivity contribution in [3.63, 3.8) is 0 Å². The van der Waals surface area contributed by atoms with Crippen molar-refractivity contribution in [2.24, 2.45) is 10.9 Å². The van der Waals surface area contributed by atoms with Crippen molar-refractivity contribution >= 4 is 29.2 Å². The molecule has 0 unspecified atom stereocenters. The highest BCUT2D eigenvalue weighted by molar-refractivity contribution is 8.04. The third-order valence-corrected chi connectivity index (χ3v) is 7.65. The number of carboxylic acid groups (broad SMARTS) is 1. The molecular formula is C21H23N2O3S-. The van der Waals surface area contributed by atoms with Gasteiger partial charge in [0.2, 0.25) is 0 Å². The summed E-state index contributed by atoms with van der Waals surface area (Å²) in [5.74, 6) is -0.953. The lowest BCUT2D eigenvalue weighted by molar-refractivity contribution is -0.301. The zero-order chi connectivity index (χ0) is 18.6. The maximum atomic E-state index is 12.7. The second-order valence-corrected chi connectivity index (χ2v) is 9.20. The van der Waals surface area contributed by atoms with E-state index in [1.54, 1.807) is 11.6 Å². The molecule has 0 aromatic heterocycles.